The van der Waals surface area contributed by atoms with Crippen LogP contribution in [0.5, 0.6) is 0 Å². The summed E-state index contributed by atoms with van der Waals surface area (Å²) in [5, 5.41) is 5.59. The van der Waals surface area contributed by atoms with E-state index in [0.29, 0.717) is 33.0 Å². The number of imide groups is 2. The molecule has 2 aliphatic heterocycles. The maximum Gasteiger partial charge on any atom is 0.330 e. The molecule has 10 heteroatoms. The van der Waals surface area contributed by atoms with E-state index >= 15 is 0 Å². The summed E-state index contributed by atoms with van der Waals surface area (Å²) in [6.07, 6.45) is 2.02. The minimum absolute atomic E-state index is 0.106. The number of rotatable bonds is 8. The van der Waals surface area contributed by atoms with Gasteiger partial charge < -0.3 is 9.47 Å². The lowest BCUT2D eigenvalue weighted by molar-refractivity contribution is -0.138. The molecular weight excluding hydrogens is 564 g/mol. The van der Waals surface area contributed by atoms with Crippen LogP contribution in [0.1, 0.15) is 41.4 Å². The summed E-state index contributed by atoms with van der Waals surface area (Å²) in [6.45, 7) is 6.15. The van der Waals surface area contributed by atoms with Gasteiger partial charge in [0.2, 0.25) is 0 Å². The lowest BCUT2D eigenvalue weighted by Crippen LogP contribution is -2.42. The zero-order valence-corrected chi connectivity index (χ0v) is 23.2. The molecule has 0 atom stereocenters. The second-order valence-electron chi connectivity index (χ2n) is 10.4. The van der Waals surface area contributed by atoms with Gasteiger partial charge in [0.05, 0.1) is 13.1 Å². The maximum absolute atomic E-state index is 13.5. The highest BCUT2D eigenvalue weighted by molar-refractivity contribution is 6.41. The minimum atomic E-state index is -0.648. The highest BCUT2D eigenvalue weighted by Crippen LogP contribution is 2.46. The van der Waals surface area contributed by atoms with Crippen LogP contribution in [0.3, 0.4) is 0 Å². The molecule has 0 saturated heterocycles. The maximum atomic E-state index is 13.5. The van der Waals surface area contributed by atoms with E-state index in [1.165, 1.54) is 0 Å². The Morgan fingerprint density at radius 3 is 1.09 bits per heavy atom. The Balaban J connectivity index is 1.38. The summed E-state index contributed by atoms with van der Waals surface area (Å²) in [5.41, 5.74) is 1.40. The van der Waals surface area contributed by atoms with E-state index in [2.05, 4.69) is 13.2 Å². The molecule has 0 unspecified atom stereocenters. The standard InChI is InChI=1S/C34H22N2O8/c1-3-25(37)43-15-13-35-31(39)21-9-5-17-19-7-11-23-30-24(34(42)36(33(23)41)14-16-44-26(38)4-2)12-8-20(28(19)30)18-6-10-22(32(35)40)29(21)27(17)18/h3-12H,1-2,13-16H2. The quantitative estimate of drug-likeness (QED) is 0.0862. The predicted molar refractivity (Wildman–Crippen MR) is 161 cm³/mol. The van der Waals surface area contributed by atoms with Crippen molar-refractivity contribution in [2.24, 2.45) is 0 Å². The van der Waals surface area contributed by atoms with Gasteiger partial charge in [-0.25, -0.2) is 9.59 Å². The Bertz CT molecular complexity index is 1920. The van der Waals surface area contributed by atoms with Gasteiger partial charge >= 0.3 is 11.9 Å². The molecule has 4 amide bonds. The summed E-state index contributed by atoms with van der Waals surface area (Å²) >= 11 is 0. The fraction of sp³-hybridized carbons (Fsp3) is 0.118. The van der Waals surface area contributed by atoms with Gasteiger partial charge in [-0.1, -0.05) is 37.4 Å². The molecule has 0 N–H and O–H groups in total. The second kappa shape index (κ2) is 9.84. The van der Waals surface area contributed by atoms with Crippen molar-refractivity contribution in [3.63, 3.8) is 0 Å². The third kappa shape index (κ3) is 3.67. The first-order valence-electron chi connectivity index (χ1n) is 13.8. The number of carbonyl (C=O) groups is 6. The fourth-order valence-electron chi connectivity index (χ4n) is 6.37. The lowest BCUT2D eigenvalue weighted by atomic mass is 9.82. The van der Waals surface area contributed by atoms with Crippen molar-refractivity contribution in [1.82, 2.24) is 9.80 Å². The second-order valence-corrected chi connectivity index (χ2v) is 10.4. The van der Waals surface area contributed by atoms with Crippen molar-refractivity contribution in [3.8, 4) is 0 Å². The van der Waals surface area contributed by atoms with Crippen molar-refractivity contribution < 1.29 is 38.2 Å². The first-order chi connectivity index (χ1) is 21.3. The van der Waals surface area contributed by atoms with Crippen molar-refractivity contribution in [2.45, 2.75) is 0 Å². The molecule has 0 aliphatic carbocycles. The minimum Gasteiger partial charge on any atom is -0.461 e. The number of fused-ring (bicyclic) bond motifs is 2. The molecule has 0 radical (unpaired) electrons. The van der Waals surface area contributed by atoms with Crippen LogP contribution in [-0.2, 0) is 19.1 Å². The molecule has 2 heterocycles. The van der Waals surface area contributed by atoms with Crippen molar-refractivity contribution in [1.29, 1.82) is 0 Å². The number of ether oxygens (including phenoxy) is 2. The van der Waals surface area contributed by atoms with Gasteiger partial charge in [0.25, 0.3) is 23.6 Å². The molecule has 0 fully saturated rings. The summed E-state index contributed by atoms with van der Waals surface area (Å²) < 4.78 is 10.00. The molecule has 216 valence electrons. The first-order valence-corrected chi connectivity index (χ1v) is 13.8. The van der Waals surface area contributed by atoms with Gasteiger partial charge in [-0.15, -0.1) is 0 Å². The highest BCUT2D eigenvalue weighted by atomic mass is 16.5. The summed E-state index contributed by atoms with van der Waals surface area (Å²) in [4.78, 5) is 79.2. The molecule has 0 spiro atoms. The van der Waals surface area contributed by atoms with Crippen LogP contribution in [0, 0.1) is 0 Å². The third-order valence-corrected chi connectivity index (χ3v) is 8.26. The number of esters is 2. The predicted octanol–water partition coefficient (Wildman–Crippen LogP) is 4.39. The number of carbonyl (C=O) groups excluding carboxylic acids is 6. The average molecular weight is 587 g/mol. The smallest absolute Gasteiger partial charge is 0.330 e. The summed E-state index contributed by atoms with van der Waals surface area (Å²) in [7, 11) is 0. The van der Waals surface area contributed by atoms with E-state index in [-0.39, 0.29) is 26.3 Å². The molecule has 2 aliphatic rings. The van der Waals surface area contributed by atoms with Crippen molar-refractivity contribution in [3.05, 3.63) is 96.1 Å². The van der Waals surface area contributed by atoms with Crippen molar-refractivity contribution >= 4 is 78.7 Å². The Kier molecular flexibility index (Phi) is 6.03. The van der Waals surface area contributed by atoms with Crippen LogP contribution < -0.4 is 0 Å². The van der Waals surface area contributed by atoms with Crippen LogP contribution >= 0.6 is 0 Å². The topological polar surface area (TPSA) is 127 Å². The summed E-state index contributed by atoms with van der Waals surface area (Å²) in [6, 6.07) is 13.9. The summed E-state index contributed by atoms with van der Waals surface area (Å²) in [5.74, 6) is -3.27. The molecule has 10 nitrogen and oxygen atoms in total. The number of hydrogen-bond acceptors (Lipinski definition) is 8. The number of amides is 4. The van der Waals surface area contributed by atoms with E-state index in [1.807, 2.05) is 24.3 Å². The fourth-order valence-corrected chi connectivity index (χ4v) is 6.37. The molecule has 44 heavy (non-hydrogen) atoms. The van der Waals surface area contributed by atoms with Gasteiger partial charge in [0, 0.05) is 45.2 Å². The molecule has 7 rings (SSSR count). The molecule has 5 aromatic carbocycles. The Morgan fingerprint density at radius 1 is 0.523 bits per heavy atom. The van der Waals surface area contributed by atoms with Gasteiger partial charge in [-0.3, -0.25) is 29.0 Å². The van der Waals surface area contributed by atoms with Crippen LogP contribution in [0.15, 0.2) is 73.8 Å². The van der Waals surface area contributed by atoms with Crippen LogP contribution in [-0.4, -0.2) is 71.7 Å². The Hall–Kier alpha value is -5.90. The van der Waals surface area contributed by atoms with E-state index in [1.54, 1.807) is 24.3 Å². The number of nitrogens with zero attached hydrogens (tertiary/aromatic N) is 2. The normalized spacial score (nSPS) is 14.3. The Labute approximate surface area is 249 Å². The van der Waals surface area contributed by atoms with E-state index in [4.69, 9.17) is 9.47 Å². The lowest BCUT2D eigenvalue weighted by Gasteiger charge is -2.30. The van der Waals surface area contributed by atoms with Gasteiger partial charge in [0.1, 0.15) is 13.2 Å². The monoisotopic (exact) mass is 586 g/mol. The molecule has 0 bridgehead atoms. The third-order valence-electron chi connectivity index (χ3n) is 8.26. The largest absolute Gasteiger partial charge is 0.461 e. The average Bonchev–Trinajstić information content (AvgIpc) is 3.04. The zero-order chi connectivity index (χ0) is 30.9. The van der Waals surface area contributed by atoms with Crippen LogP contribution in [0.4, 0.5) is 0 Å². The van der Waals surface area contributed by atoms with Crippen LogP contribution in [0.25, 0.3) is 43.1 Å². The van der Waals surface area contributed by atoms with Gasteiger partial charge in [-0.05, 0) is 56.6 Å². The van der Waals surface area contributed by atoms with E-state index in [0.717, 1.165) is 54.3 Å². The number of benzene rings is 5. The van der Waals surface area contributed by atoms with Gasteiger partial charge in [-0.2, -0.15) is 0 Å². The Morgan fingerprint density at radius 2 is 0.818 bits per heavy atom. The highest BCUT2D eigenvalue weighted by Gasteiger charge is 2.36. The van der Waals surface area contributed by atoms with E-state index in [9.17, 15) is 28.8 Å². The van der Waals surface area contributed by atoms with Gasteiger partial charge in [0.15, 0.2) is 0 Å². The van der Waals surface area contributed by atoms with Crippen LogP contribution in [0.2, 0.25) is 0 Å². The van der Waals surface area contributed by atoms with Crippen molar-refractivity contribution in [2.75, 3.05) is 26.3 Å². The molecule has 0 aromatic heterocycles. The van der Waals surface area contributed by atoms with E-state index < -0.39 is 35.6 Å². The number of hydrogen-bond donors (Lipinski definition) is 0. The SMILES string of the molecule is C=CC(=O)OCCN1C(=O)c2ccc3c4ccc5c6c(ccc(c7ccc(c2c37)C1=O)c64)C(=O)N(CCOC(=O)C=C)C5=O. The first kappa shape index (κ1) is 27.0. The zero-order valence-electron chi connectivity index (χ0n) is 23.2. The molecule has 5 aromatic rings. The molecular formula is C34H22N2O8. The molecule has 0 saturated carbocycles.